The standard InChI is InChI=1S/C13H28N2O2/c1-6-11(7-2)15-12(17)10(3)14-8-13(4,5)9-16/h10-11,14,16H,6-9H2,1-5H3,(H,15,17). The van der Waals surface area contributed by atoms with E-state index in [1.165, 1.54) is 0 Å². The maximum atomic E-state index is 11.8. The summed E-state index contributed by atoms with van der Waals surface area (Å²) in [7, 11) is 0. The molecule has 0 saturated carbocycles. The van der Waals surface area contributed by atoms with Crippen molar-refractivity contribution in [3.05, 3.63) is 0 Å². The van der Waals surface area contributed by atoms with Gasteiger partial charge in [-0.05, 0) is 19.8 Å². The monoisotopic (exact) mass is 244 g/mol. The molecule has 1 atom stereocenters. The first kappa shape index (κ1) is 16.4. The first-order valence-electron chi connectivity index (χ1n) is 6.51. The smallest absolute Gasteiger partial charge is 0.237 e. The van der Waals surface area contributed by atoms with Crippen molar-refractivity contribution in [1.82, 2.24) is 10.6 Å². The minimum absolute atomic E-state index is 0.0347. The van der Waals surface area contributed by atoms with E-state index in [0.29, 0.717) is 6.54 Å². The Kier molecular flexibility index (Phi) is 7.39. The van der Waals surface area contributed by atoms with E-state index in [2.05, 4.69) is 24.5 Å². The van der Waals surface area contributed by atoms with Gasteiger partial charge >= 0.3 is 0 Å². The summed E-state index contributed by atoms with van der Waals surface area (Å²) in [5.74, 6) is 0.0347. The van der Waals surface area contributed by atoms with Gasteiger partial charge in [-0.15, -0.1) is 0 Å². The van der Waals surface area contributed by atoms with Crippen molar-refractivity contribution in [3.8, 4) is 0 Å². The van der Waals surface area contributed by atoms with Crippen molar-refractivity contribution < 1.29 is 9.90 Å². The first-order chi connectivity index (χ1) is 7.86. The molecule has 0 rings (SSSR count). The first-order valence-corrected chi connectivity index (χ1v) is 6.51. The summed E-state index contributed by atoms with van der Waals surface area (Å²) in [6, 6.07) is 0.0408. The molecule has 0 heterocycles. The normalized spacial score (nSPS) is 13.8. The van der Waals surface area contributed by atoms with Gasteiger partial charge in [0.25, 0.3) is 0 Å². The molecule has 1 amide bonds. The number of hydrogen-bond acceptors (Lipinski definition) is 3. The average molecular weight is 244 g/mol. The van der Waals surface area contributed by atoms with Crippen molar-refractivity contribution in [1.29, 1.82) is 0 Å². The molecule has 4 nitrogen and oxygen atoms in total. The van der Waals surface area contributed by atoms with Crippen LogP contribution in [0, 0.1) is 5.41 Å². The second kappa shape index (κ2) is 7.67. The second-order valence-electron chi connectivity index (χ2n) is 5.45. The summed E-state index contributed by atoms with van der Waals surface area (Å²) in [4.78, 5) is 11.8. The molecule has 1 unspecified atom stereocenters. The molecular formula is C13H28N2O2. The van der Waals surface area contributed by atoms with E-state index in [1.807, 2.05) is 20.8 Å². The Morgan fingerprint density at radius 2 is 1.82 bits per heavy atom. The van der Waals surface area contributed by atoms with E-state index in [-0.39, 0.29) is 30.0 Å². The number of hydrogen-bond donors (Lipinski definition) is 3. The zero-order valence-electron chi connectivity index (χ0n) is 11.8. The summed E-state index contributed by atoms with van der Waals surface area (Å²) < 4.78 is 0. The molecule has 0 aliphatic carbocycles. The van der Waals surface area contributed by atoms with E-state index < -0.39 is 0 Å². The number of amides is 1. The number of carbonyl (C=O) groups excluding carboxylic acids is 1. The van der Waals surface area contributed by atoms with Gasteiger partial charge in [0, 0.05) is 24.6 Å². The van der Waals surface area contributed by atoms with E-state index in [1.54, 1.807) is 0 Å². The maximum Gasteiger partial charge on any atom is 0.237 e. The van der Waals surface area contributed by atoms with Crippen LogP contribution in [0.15, 0.2) is 0 Å². The van der Waals surface area contributed by atoms with Crippen LogP contribution in [-0.2, 0) is 4.79 Å². The molecule has 0 aliphatic heterocycles. The zero-order chi connectivity index (χ0) is 13.5. The van der Waals surface area contributed by atoms with Crippen LogP contribution in [0.3, 0.4) is 0 Å². The van der Waals surface area contributed by atoms with Gasteiger partial charge in [0.05, 0.1) is 6.04 Å². The Balaban J connectivity index is 4.06. The van der Waals surface area contributed by atoms with Gasteiger partial charge in [-0.1, -0.05) is 27.7 Å². The third-order valence-electron chi connectivity index (χ3n) is 3.04. The topological polar surface area (TPSA) is 61.4 Å². The van der Waals surface area contributed by atoms with Crippen LogP contribution in [0.5, 0.6) is 0 Å². The zero-order valence-corrected chi connectivity index (χ0v) is 11.8. The molecule has 0 aromatic carbocycles. The maximum absolute atomic E-state index is 11.8. The second-order valence-corrected chi connectivity index (χ2v) is 5.45. The summed E-state index contributed by atoms with van der Waals surface area (Å²) >= 11 is 0. The molecule has 0 fully saturated rings. The van der Waals surface area contributed by atoms with Crippen LogP contribution in [0.25, 0.3) is 0 Å². The fourth-order valence-corrected chi connectivity index (χ4v) is 1.40. The summed E-state index contributed by atoms with van der Waals surface area (Å²) in [6.45, 7) is 10.7. The lowest BCUT2D eigenvalue weighted by Gasteiger charge is -2.25. The Hall–Kier alpha value is -0.610. The molecule has 3 N–H and O–H groups in total. The van der Waals surface area contributed by atoms with Crippen molar-refractivity contribution in [2.75, 3.05) is 13.2 Å². The van der Waals surface area contributed by atoms with E-state index in [4.69, 9.17) is 5.11 Å². The number of rotatable bonds is 8. The van der Waals surface area contributed by atoms with Gasteiger partial charge in [-0.25, -0.2) is 0 Å². The Labute approximate surface area is 105 Å². The average Bonchev–Trinajstić information content (AvgIpc) is 2.32. The van der Waals surface area contributed by atoms with Crippen LogP contribution in [0.1, 0.15) is 47.5 Å². The molecule has 102 valence electrons. The van der Waals surface area contributed by atoms with Gasteiger partial charge in [-0.2, -0.15) is 0 Å². The van der Waals surface area contributed by atoms with Crippen LogP contribution in [0.4, 0.5) is 0 Å². The van der Waals surface area contributed by atoms with Crippen LogP contribution in [0.2, 0.25) is 0 Å². The van der Waals surface area contributed by atoms with Crippen LogP contribution in [-0.4, -0.2) is 36.2 Å². The van der Waals surface area contributed by atoms with E-state index >= 15 is 0 Å². The fourth-order valence-electron chi connectivity index (χ4n) is 1.40. The third kappa shape index (κ3) is 6.64. The van der Waals surface area contributed by atoms with Gasteiger partial charge in [0.15, 0.2) is 0 Å². The highest BCUT2D eigenvalue weighted by molar-refractivity contribution is 5.81. The Morgan fingerprint density at radius 3 is 2.24 bits per heavy atom. The Bertz CT molecular complexity index is 225. The number of aliphatic hydroxyl groups is 1. The third-order valence-corrected chi connectivity index (χ3v) is 3.04. The molecule has 0 saturated heterocycles. The molecule has 0 bridgehead atoms. The SMILES string of the molecule is CCC(CC)NC(=O)C(C)NCC(C)(C)CO. The fraction of sp³-hybridized carbons (Fsp3) is 0.923. The van der Waals surface area contributed by atoms with Crippen molar-refractivity contribution in [3.63, 3.8) is 0 Å². The Morgan fingerprint density at radius 1 is 1.29 bits per heavy atom. The quantitative estimate of drug-likeness (QED) is 0.603. The molecule has 0 spiro atoms. The minimum Gasteiger partial charge on any atom is -0.396 e. The van der Waals surface area contributed by atoms with Crippen molar-refractivity contribution in [2.45, 2.75) is 59.5 Å². The van der Waals surface area contributed by atoms with Gasteiger partial charge in [0.2, 0.25) is 5.91 Å². The lowest BCUT2D eigenvalue weighted by atomic mass is 9.94. The summed E-state index contributed by atoms with van der Waals surface area (Å²) in [5, 5.41) is 15.3. The highest BCUT2D eigenvalue weighted by atomic mass is 16.3. The van der Waals surface area contributed by atoms with Gasteiger partial charge in [-0.3, -0.25) is 4.79 Å². The van der Waals surface area contributed by atoms with Gasteiger partial charge in [0.1, 0.15) is 0 Å². The number of carbonyl (C=O) groups is 1. The molecule has 0 aromatic heterocycles. The molecule has 0 aromatic rings. The molecule has 4 heteroatoms. The predicted octanol–water partition coefficient (Wildman–Crippen LogP) is 1.29. The van der Waals surface area contributed by atoms with Gasteiger partial charge < -0.3 is 15.7 Å². The molecule has 17 heavy (non-hydrogen) atoms. The molecule has 0 radical (unpaired) electrons. The highest BCUT2D eigenvalue weighted by Gasteiger charge is 2.20. The molecule has 0 aliphatic rings. The van der Waals surface area contributed by atoms with Crippen molar-refractivity contribution in [2.24, 2.45) is 5.41 Å². The van der Waals surface area contributed by atoms with E-state index in [0.717, 1.165) is 12.8 Å². The molecular weight excluding hydrogens is 216 g/mol. The van der Waals surface area contributed by atoms with E-state index in [9.17, 15) is 4.79 Å². The van der Waals surface area contributed by atoms with Crippen LogP contribution < -0.4 is 10.6 Å². The summed E-state index contributed by atoms with van der Waals surface area (Å²) in [6.07, 6.45) is 1.91. The number of aliphatic hydroxyl groups excluding tert-OH is 1. The van der Waals surface area contributed by atoms with Crippen LogP contribution >= 0.6 is 0 Å². The van der Waals surface area contributed by atoms with Crippen molar-refractivity contribution >= 4 is 5.91 Å². The highest BCUT2D eigenvalue weighted by Crippen LogP contribution is 2.11. The summed E-state index contributed by atoms with van der Waals surface area (Å²) in [5.41, 5.74) is -0.191. The number of nitrogens with one attached hydrogen (secondary N) is 2. The minimum atomic E-state index is -0.221. The lowest BCUT2D eigenvalue weighted by Crippen LogP contribution is -2.48. The lowest BCUT2D eigenvalue weighted by molar-refractivity contribution is -0.123. The largest absolute Gasteiger partial charge is 0.396 e. The predicted molar refractivity (Wildman–Crippen MR) is 70.8 cm³/mol.